The number of carboxylic acid groups (broad SMARTS) is 1. The van der Waals surface area contributed by atoms with Crippen molar-refractivity contribution in [2.75, 3.05) is 20.6 Å². The molecule has 0 unspecified atom stereocenters. The first-order valence-electron chi connectivity index (χ1n) is 7.10. The van der Waals surface area contributed by atoms with Crippen LogP contribution in [0, 0.1) is 0 Å². The van der Waals surface area contributed by atoms with Crippen LogP contribution in [0.25, 0.3) is 0 Å². The molecule has 1 aromatic rings. The predicted molar refractivity (Wildman–Crippen MR) is 78.4 cm³/mol. The molecule has 0 aromatic carbocycles. The summed E-state index contributed by atoms with van der Waals surface area (Å²) in [4.78, 5) is 28.8. The van der Waals surface area contributed by atoms with Crippen LogP contribution >= 0.6 is 0 Å². The topological polar surface area (TPSA) is 82.5 Å². The maximum atomic E-state index is 12.1. The number of nitrogens with one attached hydrogen (secondary N) is 1. The molecule has 1 aliphatic rings. The highest BCUT2D eigenvalue weighted by Crippen LogP contribution is 2.33. The predicted octanol–water partition coefficient (Wildman–Crippen LogP) is 1.38. The van der Waals surface area contributed by atoms with Crippen molar-refractivity contribution in [3.8, 4) is 0 Å². The number of amides is 1. The van der Waals surface area contributed by atoms with E-state index in [9.17, 15) is 9.59 Å². The van der Waals surface area contributed by atoms with E-state index in [1.54, 1.807) is 0 Å². The summed E-state index contributed by atoms with van der Waals surface area (Å²) >= 11 is 0. The summed E-state index contributed by atoms with van der Waals surface area (Å²) in [6.07, 6.45) is 5.83. The van der Waals surface area contributed by atoms with Crippen molar-refractivity contribution in [2.45, 2.75) is 31.2 Å². The number of pyridine rings is 1. The average Bonchev–Trinajstić information content (AvgIpc) is 2.95. The third-order valence-electron chi connectivity index (χ3n) is 4.31. The van der Waals surface area contributed by atoms with E-state index in [0.29, 0.717) is 12.1 Å². The molecule has 6 heteroatoms. The standard InChI is InChI=1S/C15H21N3O3/c1-18(2)15(7-3-4-8-15)10-17-13(19)11-5-6-12(14(20)21)16-9-11/h5-6,9H,3-4,7-8,10H2,1-2H3,(H,17,19)(H,20,21). The van der Waals surface area contributed by atoms with Gasteiger partial charge in [0.05, 0.1) is 5.56 Å². The van der Waals surface area contributed by atoms with E-state index in [-0.39, 0.29) is 17.1 Å². The van der Waals surface area contributed by atoms with Gasteiger partial charge in [0.1, 0.15) is 5.69 Å². The minimum Gasteiger partial charge on any atom is -0.477 e. The summed E-state index contributed by atoms with van der Waals surface area (Å²) in [5.41, 5.74) is 0.350. The second-order valence-electron chi connectivity index (χ2n) is 5.75. The van der Waals surface area contributed by atoms with E-state index in [1.165, 1.54) is 31.2 Å². The highest BCUT2D eigenvalue weighted by Gasteiger charge is 2.36. The molecule has 0 bridgehead atoms. The van der Waals surface area contributed by atoms with E-state index in [0.717, 1.165) is 12.8 Å². The summed E-state index contributed by atoms with van der Waals surface area (Å²) in [5.74, 6) is -1.31. The lowest BCUT2D eigenvalue weighted by Gasteiger charge is -2.36. The lowest BCUT2D eigenvalue weighted by atomic mass is 9.96. The molecule has 1 amide bonds. The van der Waals surface area contributed by atoms with Gasteiger partial charge in [-0.25, -0.2) is 9.78 Å². The highest BCUT2D eigenvalue weighted by molar-refractivity contribution is 5.94. The van der Waals surface area contributed by atoms with Gasteiger partial charge in [-0.3, -0.25) is 4.79 Å². The Morgan fingerprint density at radius 1 is 1.33 bits per heavy atom. The van der Waals surface area contributed by atoms with Gasteiger partial charge in [0, 0.05) is 18.3 Å². The Labute approximate surface area is 124 Å². The lowest BCUT2D eigenvalue weighted by Crippen LogP contribution is -2.50. The zero-order valence-corrected chi connectivity index (χ0v) is 12.4. The van der Waals surface area contributed by atoms with Crippen molar-refractivity contribution in [3.05, 3.63) is 29.6 Å². The van der Waals surface area contributed by atoms with Gasteiger partial charge in [0.25, 0.3) is 5.91 Å². The van der Waals surface area contributed by atoms with Crippen LogP contribution in [0.15, 0.2) is 18.3 Å². The number of carbonyl (C=O) groups excluding carboxylic acids is 1. The molecular weight excluding hydrogens is 270 g/mol. The number of hydrogen-bond donors (Lipinski definition) is 2. The highest BCUT2D eigenvalue weighted by atomic mass is 16.4. The quantitative estimate of drug-likeness (QED) is 0.856. The maximum absolute atomic E-state index is 12.1. The van der Waals surface area contributed by atoms with Gasteiger partial charge in [-0.05, 0) is 39.1 Å². The Bertz CT molecular complexity index is 519. The second kappa shape index (κ2) is 6.22. The molecule has 114 valence electrons. The summed E-state index contributed by atoms with van der Waals surface area (Å²) in [6.45, 7) is 0.597. The van der Waals surface area contributed by atoms with Crippen LogP contribution in [-0.4, -0.2) is 53.0 Å². The molecule has 1 heterocycles. The Morgan fingerprint density at radius 3 is 2.48 bits per heavy atom. The normalized spacial score (nSPS) is 16.9. The first kappa shape index (κ1) is 15.4. The zero-order chi connectivity index (χ0) is 15.5. The van der Waals surface area contributed by atoms with E-state index >= 15 is 0 Å². The minimum absolute atomic E-state index is 0.0318. The van der Waals surface area contributed by atoms with Crippen molar-refractivity contribution in [3.63, 3.8) is 0 Å². The molecule has 0 radical (unpaired) electrons. The summed E-state index contributed by atoms with van der Waals surface area (Å²) in [7, 11) is 4.08. The van der Waals surface area contributed by atoms with E-state index in [4.69, 9.17) is 5.11 Å². The third-order valence-corrected chi connectivity index (χ3v) is 4.31. The molecule has 0 atom stereocenters. The van der Waals surface area contributed by atoms with Crippen LogP contribution in [0.4, 0.5) is 0 Å². The Hall–Kier alpha value is -1.95. The first-order valence-corrected chi connectivity index (χ1v) is 7.10. The number of hydrogen-bond acceptors (Lipinski definition) is 4. The lowest BCUT2D eigenvalue weighted by molar-refractivity contribution is 0.0689. The number of carbonyl (C=O) groups is 2. The van der Waals surface area contributed by atoms with Gasteiger partial charge in [0.15, 0.2) is 0 Å². The second-order valence-corrected chi connectivity index (χ2v) is 5.75. The first-order chi connectivity index (χ1) is 9.94. The largest absolute Gasteiger partial charge is 0.477 e. The molecule has 2 N–H and O–H groups in total. The smallest absolute Gasteiger partial charge is 0.354 e. The van der Waals surface area contributed by atoms with Crippen molar-refractivity contribution in [2.24, 2.45) is 0 Å². The molecule has 0 spiro atoms. The fourth-order valence-corrected chi connectivity index (χ4v) is 2.82. The molecule has 1 aliphatic carbocycles. The third kappa shape index (κ3) is 3.39. The number of carboxylic acids is 1. The van der Waals surface area contributed by atoms with E-state index in [1.807, 2.05) is 14.1 Å². The zero-order valence-electron chi connectivity index (χ0n) is 12.4. The van der Waals surface area contributed by atoms with Crippen LogP contribution in [0.2, 0.25) is 0 Å². The van der Waals surface area contributed by atoms with Crippen LogP contribution in [-0.2, 0) is 0 Å². The van der Waals surface area contributed by atoms with Crippen LogP contribution in [0.5, 0.6) is 0 Å². The fraction of sp³-hybridized carbons (Fsp3) is 0.533. The van der Waals surface area contributed by atoms with Crippen molar-refractivity contribution < 1.29 is 14.7 Å². The van der Waals surface area contributed by atoms with Gasteiger partial charge in [-0.2, -0.15) is 0 Å². The molecule has 21 heavy (non-hydrogen) atoms. The Morgan fingerprint density at radius 2 is 2.00 bits per heavy atom. The number of nitrogens with zero attached hydrogens (tertiary/aromatic N) is 2. The van der Waals surface area contributed by atoms with Gasteiger partial charge in [-0.1, -0.05) is 12.8 Å². The maximum Gasteiger partial charge on any atom is 0.354 e. The molecule has 6 nitrogen and oxygen atoms in total. The molecule has 1 saturated carbocycles. The van der Waals surface area contributed by atoms with Crippen LogP contribution in [0.1, 0.15) is 46.5 Å². The van der Waals surface area contributed by atoms with Crippen molar-refractivity contribution >= 4 is 11.9 Å². The van der Waals surface area contributed by atoms with Gasteiger partial charge < -0.3 is 15.3 Å². The summed E-state index contributed by atoms with van der Waals surface area (Å²) < 4.78 is 0. The monoisotopic (exact) mass is 291 g/mol. The number of aromatic nitrogens is 1. The minimum atomic E-state index is -1.10. The molecule has 1 aromatic heterocycles. The van der Waals surface area contributed by atoms with Gasteiger partial charge in [-0.15, -0.1) is 0 Å². The fourth-order valence-electron chi connectivity index (χ4n) is 2.82. The number of aromatic carboxylic acids is 1. The van der Waals surface area contributed by atoms with Gasteiger partial charge >= 0.3 is 5.97 Å². The van der Waals surface area contributed by atoms with Crippen molar-refractivity contribution in [1.82, 2.24) is 15.2 Å². The average molecular weight is 291 g/mol. The number of rotatable bonds is 5. The van der Waals surface area contributed by atoms with Crippen LogP contribution < -0.4 is 5.32 Å². The van der Waals surface area contributed by atoms with Crippen LogP contribution in [0.3, 0.4) is 0 Å². The Kier molecular flexibility index (Phi) is 4.57. The molecule has 1 fully saturated rings. The molecule has 2 rings (SSSR count). The summed E-state index contributed by atoms with van der Waals surface area (Å²) in [5, 5.41) is 11.7. The van der Waals surface area contributed by atoms with Gasteiger partial charge in [0.2, 0.25) is 0 Å². The summed E-state index contributed by atoms with van der Waals surface area (Å²) in [6, 6.07) is 2.83. The van der Waals surface area contributed by atoms with E-state index in [2.05, 4.69) is 15.2 Å². The SMILES string of the molecule is CN(C)C1(CNC(=O)c2ccc(C(=O)O)nc2)CCCC1. The molecule has 0 saturated heterocycles. The molecular formula is C15H21N3O3. The van der Waals surface area contributed by atoms with Crippen molar-refractivity contribution in [1.29, 1.82) is 0 Å². The molecule has 0 aliphatic heterocycles. The van der Waals surface area contributed by atoms with E-state index < -0.39 is 5.97 Å². The number of likely N-dealkylation sites (N-methyl/N-ethyl adjacent to an activating group) is 1. The Balaban J connectivity index is 1.99.